The molecule has 84 valence electrons. The number of hydrogen-bond donors (Lipinski definition) is 1. The second-order valence-electron chi connectivity index (χ2n) is 3.97. The normalized spacial score (nSPS) is 24.0. The van der Waals surface area contributed by atoms with Gasteiger partial charge in [-0.2, -0.15) is 0 Å². The first kappa shape index (κ1) is 12.5. The van der Waals surface area contributed by atoms with Crippen molar-refractivity contribution in [1.82, 2.24) is 5.32 Å². The third-order valence-corrected chi connectivity index (χ3v) is 3.85. The Morgan fingerprint density at radius 1 is 1.50 bits per heavy atom. The molecule has 14 heavy (non-hydrogen) atoms. The van der Waals surface area contributed by atoms with E-state index >= 15 is 0 Å². The molecule has 1 rings (SSSR count). The summed E-state index contributed by atoms with van der Waals surface area (Å²) < 4.78 is 5.55. The fourth-order valence-corrected chi connectivity index (χ4v) is 1.95. The summed E-state index contributed by atoms with van der Waals surface area (Å²) in [5, 5.41) is 3.47. The molecule has 0 radical (unpaired) electrons. The average molecular weight is 264 g/mol. The Bertz CT molecular complexity index is 137. The van der Waals surface area contributed by atoms with E-state index in [4.69, 9.17) is 4.74 Å². The van der Waals surface area contributed by atoms with Crippen LogP contribution >= 0.6 is 15.9 Å². The van der Waals surface area contributed by atoms with Crippen molar-refractivity contribution in [3.63, 3.8) is 0 Å². The van der Waals surface area contributed by atoms with Crippen LogP contribution in [0.2, 0.25) is 0 Å². The molecule has 1 saturated heterocycles. The Kier molecular flexibility index (Phi) is 6.82. The molecule has 1 aliphatic rings. The maximum absolute atomic E-state index is 5.55. The van der Waals surface area contributed by atoms with Gasteiger partial charge < -0.3 is 10.1 Å². The van der Waals surface area contributed by atoms with Gasteiger partial charge in [-0.1, -0.05) is 22.9 Å². The SMILES string of the molecule is CCC(Br)CCNCCC1CCCO1. The summed E-state index contributed by atoms with van der Waals surface area (Å²) in [6, 6.07) is 0. The molecule has 0 aromatic carbocycles. The number of nitrogens with one attached hydrogen (secondary N) is 1. The summed E-state index contributed by atoms with van der Waals surface area (Å²) in [6.07, 6.45) is 6.67. The zero-order valence-corrected chi connectivity index (χ0v) is 10.7. The lowest BCUT2D eigenvalue weighted by Gasteiger charge is -2.11. The Labute approximate surface area is 95.9 Å². The predicted molar refractivity (Wildman–Crippen MR) is 64.1 cm³/mol. The predicted octanol–water partition coefficient (Wildman–Crippen LogP) is 2.71. The van der Waals surface area contributed by atoms with Crippen LogP contribution in [-0.2, 0) is 4.74 Å². The van der Waals surface area contributed by atoms with E-state index in [0.717, 1.165) is 19.7 Å². The Balaban J connectivity index is 1.84. The molecular formula is C11H22BrNO. The van der Waals surface area contributed by atoms with Crippen LogP contribution in [-0.4, -0.2) is 30.6 Å². The lowest BCUT2D eigenvalue weighted by molar-refractivity contribution is 0.104. The first-order valence-electron chi connectivity index (χ1n) is 5.79. The largest absolute Gasteiger partial charge is 0.378 e. The van der Waals surface area contributed by atoms with Gasteiger partial charge in [0.2, 0.25) is 0 Å². The number of ether oxygens (including phenoxy) is 1. The van der Waals surface area contributed by atoms with E-state index in [1.165, 1.54) is 32.1 Å². The monoisotopic (exact) mass is 263 g/mol. The van der Waals surface area contributed by atoms with Crippen molar-refractivity contribution in [2.75, 3.05) is 19.7 Å². The summed E-state index contributed by atoms with van der Waals surface area (Å²) >= 11 is 3.63. The molecule has 0 saturated carbocycles. The first-order chi connectivity index (χ1) is 6.83. The number of hydrogen-bond acceptors (Lipinski definition) is 2. The van der Waals surface area contributed by atoms with Crippen LogP contribution in [0.3, 0.4) is 0 Å². The van der Waals surface area contributed by atoms with E-state index in [2.05, 4.69) is 28.2 Å². The minimum atomic E-state index is 0.536. The maximum atomic E-state index is 5.55. The van der Waals surface area contributed by atoms with Crippen LogP contribution in [0.5, 0.6) is 0 Å². The first-order valence-corrected chi connectivity index (χ1v) is 6.71. The van der Waals surface area contributed by atoms with Gasteiger partial charge in [-0.3, -0.25) is 0 Å². The van der Waals surface area contributed by atoms with Gasteiger partial charge in [0.25, 0.3) is 0 Å². The van der Waals surface area contributed by atoms with Crippen LogP contribution < -0.4 is 5.32 Å². The molecular weight excluding hydrogens is 242 g/mol. The van der Waals surface area contributed by atoms with Crippen molar-refractivity contribution in [3.05, 3.63) is 0 Å². The smallest absolute Gasteiger partial charge is 0.0588 e. The van der Waals surface area contributed by atoms with Crippen molar-refractivity contribution in [2.45, 2.75) is 50.0 Å². The zero-order chi connectivity index (χ0) is 10.2. The van der Waals surface area contributed by atoms with E-state index in [1.54, 1.807) is 0 Å². The minimum Gasteiger partial charge on any atom is -0.378 e. The second-order valence-corrected chi connectivity index (χ2v) is 5.26. The van der Waals surface area contributed by atoms with Crippen LogP contribution in [0.1, 0.15) is 39.0 Å². The molecule has 0 aliphatic carbocycles. The van der Waals surface area contributed by atoms with Crippen LogP contribution in [0.25, 0.3) is 0 Å². The molecule has 1 aliphatic heterocycles. The Morgan fingerprint density at radius 3 is 3.00 bits per heavy atom. The fourth-order valence-electron chi connectivity index (χ4n) is 1.72. The Morgan fingerprint density at radius 2 is 2.36 bits per heavy atom. The van der Waals surface area contributed by atoms with Gasteiger partial charge in [-0.25, -0.2) is 0 Å². The van der Waals surface area contributed by atoms with E-state index < -0.39 is 0 Å². The molecule has 3 heteroatoms. The third-order valence-electron chi connectivity index (χ3n) is 2.74. The Hall–Kier alpha value is 0.400. The van der Waals surface area contributed by atoms with Gasteiger partial charge in [-0.05, 0) is 45.2 Å². The molecule has 0 amide bonds. The van der Waals surface area contributed by atoms with E-state index in [1.807, 2.05) is 0 Å². The minimum absolute atomic E-state index is 0.536. The molecule has 2 nitrogen and oxygen atoms in total. The molecule has 1 heterocycles. The highest BCUT2D eigenvalue weighted by Crippen LogP contribution is 2.14. The van der Waals surface area contributed by atoms with E-state index in [9.17, 15) is 0 Å². The highest BCUT2D eigenvalue weighted by molar-refractivity contribution is 9.09. The number of halogens is 1. The van der Waals surface area contributed by atoms with Gasteiger partial charge in [0.05, 0.1) is 6.10 Å². The molecule has 2 atom stereocenters. The maximum Gasteiger partial charge on any atom is 0.0588 e. The summed E-state index contributed by atoms with van der Waals surface area (Å²) in [4.78, 5) is 0.678. The van der Waals surface area contributed by atoms with Gasteiger partial charge in [0.1, 0.15) is 0 Å². The lowest BCUT2D eigenvalue weighted by atomic mass is 10.2. The molecule has 0 bridgehead atoms. The highest BCUT2D eigenvalue weighted by atomic mass is 79.9. The lowest BCUT2D eigenvalue weighted by Crippen LogP contribution is -2.22. The van der Waals surface area contributed by atoms with Crippen LogP contribution in [0, 0.1) is 0 Å². The number of alkyl halides is 1. The zero-order valence-electron chi connectivity index (χ0n) is 9.10. The topological polar surface area (TPSA) is 21.3 Å². The van der Waals surface area contributed by atoms with Gasteiger partial charge >= 0.3 is 0 Å². The molecule has 0 aromatic rings. The molecule has 1 fully saturated rings. The van der Waals surface area contributed by atoms with Gasteiger partial charge in [0.15, 0.2) is 0 Å². The van der Waals surface area contributed by atoms with Crippen molar-refractivity contribution in [2.24, 2.45) is 0 Å². The molecule has 2 unspecified atom stereocenters. The number of rotatable bonds is 7. The molecule has 0 aromatic heterocycles. The summed E-state index contributed by atoms with van der Waals surface area (Å²) in [7, 11) is 0. The summed E-state index contributed by atoms with van der Waals surface area (Å²) in [5.41, 5.74) is 0. The van der Waals surface area contributed by atoms with Gasteiger partial charge in [0, 0.05) is 11.4 Å². The standard InChI is InChI=1S/C11H22BrNO/c1-2-10(12)5-7-13-8-6-11-4-3-9-14-11/h10-11,13H,2-9H2,1H3. The second kappa shape index (κ2) is 7.66. The van der Waals surface area contributed by atoms with Crippen molar-refractivity contribution >= 4 is 15.9 Å². The third kappa shape index (κ3) is 5.32. The van der Waals surface area contributed by atoms with Crippen molar-refractivity contribution in [1.29, 1.82) is 0 Å². The van der Waals surface area contributed by atoms with Crippen LogP contribution in [0.15, 0.2) is 0 Å². The summed E-state index contributed by atoms with van der Waals surface area (Å²) in [5.74, 6) is 0. The van der Waals surface area contributed by atoms with Crippen molar-refractivity contribution < 1.29 is 4.74 Å². The van der Waals surface area contributed by atoms with Crippen molar-refractivity contribution in [3.8, 4) is 0 Å². The molecule has 1 N–H and O–H groups in total. The van der Waals surface area contributed by atoms with Crippen LogP contribution in [0.4, 0.5) is 0 Å². The van der Waals surface area contributed by atoms with Gasteiger partial charge in [-0.15, -0.1) is 0 Å². The quantitative estimate of drug-likeness (QED) is 0.564. The fraction of sp³-hybridized carbons (Fsp3) is 1.00. The molecule has 0 spiro atoms. The summed E-state index contributed by atoms with van der Waals surface area (Å²) in [6.45, 7) is 5.42. The highest BCUT2D eigenvalue weighted by Gasteiger charge is 2.14. The average Bonchev–Trinajstić information content (AvgIpc) is 2.69. The van der Waals surface area contributed by atoms with E-state index in [-0.39, 0.29) is 0 Å². The van der Waals surface area contributed by atoms with E-state index in [0.29, 0.717) is 10.9 Å².